The van der Waals surface area contributed by atoms with Crippen LogP contribution in [0.3, 0.4) is 0 Å². The zero-order valence-electron chi connectivity index (χ0n) is 10.6. The molecule has 2 N–H and O–H groups in total. The number of ether oxygens (including phenoxy) is 2. The topological polar surface area (TPSA) is 62.3 Å². The molecule has 96 valence electrons. The molecule has 0 spiro atoms. The van der Waals surface area contributed by atoms with Crippen molar-refractivity contribution in [1.82, 2.24) is 9.78 Å². The minimum absolute atomic E-state index is 0.552. The molecule has 0 bridgehead atoms. The predicted octanol–water partition coefficient (Wildman–Crippen LogP) is 1.63. The van der Waals surface area contributed by atoms with Gasteiger partial charge in [-0.15, -0.1) is 0 Å². The molecule has 0 aliphatic carbocycles. The molecule has 0 radical (unpaired) electrons. The minimum atomic E-state index is 0.552. The van der Waals surface area contributed by atoms with Gasteiger partial charge in [0.2, 0.25) is 0 Å². The van der Waals surface area contributed by atoms with E-state index in [9.17, 15) is 0 Å². The average molecular weight is 247 g/mol. The second-order valence-corrected chi connectivity index (χ2v) is 3.95. The maximum atomic E-state index is 5.84. The summed E-state index contributed by atoms with van der Waals surface area (Å²) in [5.41, 5.74) is 7.57. The zero-order valence-corrected chi connectivity index (χ0v) is 10.6. The van der Waals surface area contributed by atoms with Crippen molar-refractivity contribution in [3.63, 3.8) is 0 Å². The molecular formula is C13H17N3O2. The van der Waals surface area contributed by atoms with Gasteiger partial charge in [-0.3, -0.25) is 4.68 Å². The molecule has 2 rings (SSSR count). The van der Waals surface area contributed by atoms with Gasteiger partial charge < -0.3 is 15.2 Å². The molecule has 5 heteroatoms. The molecule has 0 amide bonds. The third kappa shape index (κ3) is 2.74. The lowest BCUT2D eigenvalue weighted by atomic mass is 10.3. The third-order valence-electron chi connectivity index (χ3n) is 2.76. The van der Waals surface area contributed by atoms with Crippen molar-refractivity contribution in [2.45, 2.75) is 6.42 Å². The van der Waals surface area contributed by atoms with Crippen LogP contribution in [0.4, 0.5) is 5.69 Å². The van der Waals surface area contributed by atoms with Crippen molar-refractivity contribution >= 4 is 5.69 Å². The smallest absolute Gasteiger partial charge is 0.145 e. The molecule has 1 heterocycles. The molecule has 0 unspecified atom stereocenters. The Morgan fingerprint density at radius 2 is 2.17 bits per heavy atom. The fraction of sp³-hybridized carbons (Fsp3) is 0.308. The quantitative estimate of drug-likeness (QED) is 0.816. The van der Waals surface area contributed by atoms with Gasteiger partial charge in [0.05, 0.1) is 19.4 Å². The number of nitrogens with two attached hydrogens (primary N) is 1. The van der Waals surface area contributed by atoms with Crippen molar-refractivity contribution in [2.24, 2.45) is 7.05 Å². The first-order chi connectivity index (χ1) is 8.70. The number of benzene rings is 1. The van der Waals surface area contributed by atoms with Crippen LogP contribution in [0.25, 0.3) is 0 Å². The van der Waals surface area contributed by atoms with Gasteiger partial charge >= 0.3 is 0 Å². The van der Waals surface area contributed by atoms with Crippen LogP contribution in [0.2, 0.25) is 0 Å². The van der Waals surface area contributed by atoms with Crippen LogP contribution >= 0.6 is 0 Å². The first-order valence-electron chi connectivity index (χ1n) is 5.74. The second-order valence-electron chi connectivity index (χ2n) is 3.95. The Hall–Kier alpha value is -2.17. The number of anilines is 1. The Kier molecular flexibility index (Phi) is 3.72. The van der Waals surface area contributed by atoms with Crippen LogP contribution in [0.15, 0.2) is 30.5 Å². The molecule has 1 aromatic heterocycles. The van der Waals surface area contributed by atoms with Crippen molar-refractivity contribution < 1.29 is 9.47 Å². The average Bonchev–Trinajstić information content (AvgIpc) is 2.77. The summed E-state index contributed by atoms with van der Waals surface area (Å²) in [6, 6.07) is 7.35. The number of hydrogen-bond acceptors (Lipinski definition) is 4. The highest BCUT2D eigenvalue weighted by Gasteiger charge is 2.04. The number of nitrogen functional groups attached to an aromatic ring is 1. The van der Waals surface area contributed by atoms with E-state index in [0.717, 1.165) is 17.9 Å². The Balaban J connectivity index is 1.96. The van der Waals surface area contributed by atoms with Crippen molar-refractivity contribution in [3.05, 3.63) is 36.2 Å². The van der Waals surface area contributed by atoms with E-state index in [2.05, 4.69) is 5.10 Å². The van der Waals surface area contributed by atoms with Gasteiger partial charge in [-0.1, -0.05) is 0 Å². The summed E-state index contributed by atoms with van der Waals surface area (Å²) < 4.78 is 12.6. The predicted molar refractivity (Wildman–Crippen MR) is 69.8 cm³/mol. The van der Waals surface area contributed by atoms with E-state index in [1.165, 1.54) is 0 Å². The molecule has 0 aliphatic rings. The molecule has 2 aromatic rings. The Bertz CT molecular complexity index is 523. The van der Waals surface area contributed by atoms with Gasteiger partial charge in [0.25, 0.3) is 0 Å². The maximum Gasteiger partial charge on any atom is 0.145 e. The van der Waals surface area contributed by atoms with Gasteiger partial charge in [0.1, 0.15) is 11.5 Å². The summed E-state index contributed by atoms with van der Waals surface area (Å²) in [6.45, 7) is 0.552. The highest BCUT2D eigenvalue weighted by molar-refractivity contribution is 5.55. The molecular weight excluding hydrogens is 230 g/mol. The fourth-order valence-corrected chi connectivity index (χ4v) is 1.68. The van der Waals surface area contributed by atoms with Crippen molar-refractivity contribution in [1.29, 1.82) is 0 Å². The summed E-state index contributed by atoms with van der Waals surface area (Å²) in [5, 5.41) is 4.10. The van der Waals surface area contributed by atoms with Gasteiger partial charge in [0, 0.05) is 31.4 Å². The summed E-state index contributed by atoms with van der Waals surface area (Å²) in [7, 11) is 3.53. The van der Waals surface area contributed by atoms with Gasteiger partial charge in [-0.25, -0.2) is 0 Å². The number of aryl methyl sites for hydroxylation is 1. The minimum Gasteiger partial charge on any atom is -0.497 e. The highest BCUT2D eigenvalue weighted by atomic mass is 16.5. The Labute approximate surface area is 106 Å². The van der Waals surface area contributed by atoms with Gasteiger partial charge in [-0.05, 0) is 18.2 Å². The van der Waals surface area contributed by atoms with E-state index >= 15 is 0 Å². The molecule has 0 saturated heterocycles. The largest absolute Gasteiger partial charge is 0.497 e. The second kappa shape index (κ2) is 5.44. The van der Waals surface area contributed by atoms with Gasteiger partial charge in [0.15, 0.2) is 0 Å². The molecule has 0 fully saturated rings. The summed E-state index contributed by atoms with van der Waals surface area (Å²) in [4.78, 5) is 0. The Morgan fingerprint density at radius 3 is 2.83 bits per heavy atom. The van der Waals surface area contributed by atoms with Crippen LogP contribution in [0.5, 0.6) is 11.5 Å². The van der Waals surface area contributed by atoms with Crippen LogP contribution in [0.1, 0.15) is 5.69 Å². The van der Waals surface area contributed by atoms with Crippen LogP contribution in [0, 0.1) is 0 Å². The standard InChI is InChI=1S/C13H17N3O2/c1-16-10(5-7-15-16)6-8-18-13-9-11(17-2)3-4-12(13)14/h3-5,7,9H,6,8,14H2,1-2H3. The summed E-state index contributed by atoms with van der Waals surface area (Å²) >= 11 is 0. The number of aromatic nitrogens is 2. The fourth-order valence-electron chi connectivity index (χ4n) is 1.68. The van der Waals surface area contributed by atoms with Crippen molar-refractivity contribution in [3.8, 4) is 11.5 Å². The van der Waals surface area contributed by atoms with E-state index in [0.29, 0.717) is 18.0 Å². The van der Waals surface area contributed by atoms with Crippen LogP contribution in [-0.4, -0.2) is 23.5 Å². The highest BCUT2D eigenvalue weighted by Crippen LogP contribution is 2.26. The van der Waals surface area contributed by atoms with Crippen LogP contribution in [-0.2, 0) is 13.5 Å². The molecule has 0 atom stereocenters. The molecule has 0 aliphatic heterocycles. The van der Waals surface area contributed by atoms with Crippen molar-refractivity contribution in [2.75, 3.05) is 19.5 Å². The Morgan fingerprint density at radius 1 is 1.33 bits per heavy atom. The molecule has 18 heavy (non-hydrogen) atoms. The van der Waals surface area contributed by atoms with Crippen LogP contribution < -0.4 is 15.2 Å². The van der Waals surface area contributed by atoms with E-state index < -0.39 is 0 Å². The third-order valence-corrected chi connectivity index (χ3v) is 2.76. The monoisotopic (exact) mass is 247 g/mol. The van der Waals surface area contributed by atoms with E-state index in [1.807, 2.05) is 23.9 Å². The lowest BCUT2D eigenvalue weighted by Gasteiger charge is -2.10. The summed E-state index contributed by atoms with van der Waals surface area (Å²) in [5.74, 6) is 1.39. The maximum absolute atomic E-state index is 5.84. The molecule has 1 aromatic carbocycles. The molecule has 5 nitrogen and oxygen atoms in total. The SMILES string of the molecule is COc1ccc(N)c(OCCc2ccnn2C)c1. The zero-order chi connectivity index (χ0) is 13.0. The summed E-state index contributed by atoms with van der Waals surface area (Å²) in [6.07, 6.45) is 2.56. The lowest BCUT2D eigenvalue weighted by Crippen LogP contribution is -2.07. The van der Waals surface area contributed by atoms with E-state index in [1.54, 1.807) is 25.4 Å². The lowest BCUT2D eigenvalue weighted by molar-refractivity contribution is 0.317. The number of rotatable bonds is 5. The first-order valence-corrected chi connectivity index (χ1v) is 5.74. The number of methoxy groups -OCH3 is 1. The van der Waals surface area contributed by atoms with E-state index in [-0.39, 0.29) is 0 Å². The van der Waals surface area contributed by atoms with Gasteiger partial charge in [-0.2, -0.15) is 5.10 Å². The normalized spacial score (nSPS) is 10.3. The molecule has 0 saturated carbocycles. The number of hydrogen-bond donors (Lipinski definition) is 1. The van der Waals surface area contributed by atoms with E-state index in [4.69, 9.17) is 15.2 Å². The number of nitrogens with zero attached hydrogens (tertiary/aromatic N) is 2. The first kappa shape index (κ1) is 12.3.